The SMILES string of the molecule is CCNC(=O)NC(=O)COC(=O)/C=C/c1ccc(F)c(Cl)c1. The molecule has 0 aromatic heterocycles. The maximum absolute atomic E-state index is 12.9. The van der Waals surface area contributed by atoms with Crippen LogP contribution < -0.4 is 10.6 Å². The molecule has 1 aromatic carbocycles. The van der Waals surface area contributed by atoms with Crippen LogP contribution in [0.1, 0.15) is 12.5 Å². The third-order valence-corrected chi connectivity index (χ3v) is 2.58. The van der Waals surface area contributed by atoms with Gasteiger partial charge in [0, 0.05) is 12.6 Å². The van der Waals surface area contributed by atoms with Gasteiger partial charge in [0.15, 0.2) is 6.61 Å². The first-order valence-corrected chi connectivity index (χ1v) is 6.67. The molecule has 3 amide bonds. The predicted molar refractivity (Wildman–Crippen MR) is 78.6 cm³/mol. The summed E-state index contributed by atoms with van der Waals surface area (Å²) in [6.45, 7) is 1.46. The van der Waals surface area contributed by atoms with Crippen LogP contribution in [-0.4, -0.2) is 31.1 Å². The number of esters is 1. The lowest BCUT2D eigenvalue weighted by Gasteiger charge is -2.04. The van der Waals surface area contributed by atoms with Gasteiger partial charge in [0.1, 0.15) is 5.82 Å². The second-order valence-corrected chi connectivity index (χ2v) is 4.43. The van der Waals surface area contributed by atoms with E-state index in [4.69, 9.17) is 11.6 Å². The number of halogens is 2. The second kappa shape index (κ2) is 8.78. The Morgan fingerprint density at radius 3 is 2.73 bits per heavy atom. The summed E-state index contributed by atoms with van der Waals surface area (Å²) in [6, 6.07) is 3.25. The number of hydrogen-bond donors (Lipinski definition) is 2. The van der Waals surface area contributed by atoms with Crippen molar-refractivity contribution in [1.82, 2.24) is 10.6 Å². The van der Waals surface area contributed by atoms with Gasteiger partial charge in [-0.25, -0.2) is 14.0 Å². The molecule has 0 spiro atoms. The first-order chi connectivity index (χ1) is 10.4. The lowest BCUT2D eigenvalue weighted by Crippen LogP contribution is -2.41. The maximum Gasteiger partial charge on any atom is 0.331 e. The molecule has 0 aliphatic rings. The molecular formula is C14H14ClFN2O4. The van der Waals surface area contributed by atoms with Crippen LogP contribution in [0.25, 0.3) is 6.08 Å². The van der Waals surface area contributed by atoms with E-state index >= 15 is 0 Å². The van der Waals surface area contributed by atoms with Crippen molar-refractivity contribution < 1.29 is 23.5 Å². The van der Waals surface area contributed by atoms with Crippen molar-refractivity contribution >= 4 is 35.6 Å². The lowest BCUT2D eigenvalue weighted by molar-refractivity contribution is -0.143. The van der Waals surface area contributed by atoms with Crippen molar-refractivity contribution in [2.45, 2.75) is 6.92 Å². The number of nitrogens with one attached hydrogen (secondary N) is 2. The summed E-state index contributed by atoms with van der Waals surface area (Å²) < 4.78 is 17.6. The van der Waals surface area contributed by atoms with Crippen LogP contribution in [0.4, 0.5) is 9.18 Å². The Hall–Kier alpha value is -2.41. The molecule has 0 aliphatic heterocycles. The lowest BCUT2D eigenvalue weighted by atomic mass is 10.2. The Morgan fingerprint density at radius 1 is 1.36 bits per heavy atom. The number of urea groups is 1. The van der Waals surface area contributed by atoms with Crippen molar-refractivity contribution in [2.75, 3.05) is 13.2 Å². The molecule has 0 radical (unpaired) electrons. The average Bonchev–Trinajstić information content (AvgIpc) is 2.46. The highest BCUT2D eigenvalue weighted by molar-refractivity contribution is 6.30. The first kappa shape index (κ1) is 17.6. The minimum atomic E-state index is -0.786. The van der Waals surface area contributed by atoms with Gasteiger partial charge in [-0.05, 0) is 30.7 Å². The second-order valence-electron chi connectivity index (χ2n) is 4.02. The minimum absolute atomic E-state index is 0.0724. The number of benzene rings is 1. The van der Waals surface area contributed by atoms with Crippen LogP contribution in [-0.2, 0) is 14.3 Å². The Labute approximate surface area is 131 Å². The van der Waals surface area contributed by atoms with Crippen molar-refractivity contribution in [3.05, 3.63) is 40.7 Å². The molecule has 1 aromatic rings. The van der Waals surface area contributed by atoms with Crippen molar-refractivity contribution in [2.24, 2.45) is 0 Å². The molecule has 2 N–H and O–H groups in total. The quantitative estimate of drug-likeness (QED) is 0.638. The Kier molecular flexibility index (Phi) is 7.04. The number of imide groups is 1. The normalized spacial score (nSPS) is 10.3. The van der Waals surface area contributed by atoms with Gasteiger partial charge in [0.2, 0.25) is 0 Å². The van der Waals surface area contributed by atoms with Gasteiger partial charge in [0.05, 0.1) is 5.02 Å². The molecule has 0 atom stereocenters. The van der Waals surface area contributed by atoms with Crippen LogP contribution in [0.2, 0.25) is 5.02 Å². The van der Waals surface area contributed by atoms with E-state index in [2.05, 4.69) is 10.1 Å². The van der Waals surface area contributed by atoms with E-state index in [1.54, 1.807) is 6.92 Å². The van der Waals surface area contributed by atoms with Gasteiger partial charge >= 0.3 is 12.0 Å². The topological polar surface area (TPSA) is 84.5 Å². The average molecular weight is 329 g/mol. The zero-order chi connectivity index (χ0) is 16.5. The summed E-state index contributed by atoms with van der Waals surface area (Å²) in [4.78, 5) is 33.7. The molecule has 0 heterocycles. The number of rotatable bonds is 5. The van der Waals surface area contributed by atoms with Crippen LogP contribution in [0.15, 0.2) is 24.3 Å². The molecule has 0 saturated heterocycles. The summed E-state index contributed by atoms with van der Waals surface area (Å²) in [5.74, 6) is -2.10. The predicted octanol–water partition coefficient (Wildman–Crippen LogP) is 1.88. The number of ether oxygens (including phenoxy) is 1. The summed E-state index contributed by atoms with van der Waals surface area (Å²) in [7, 11) is 0. The molecule has 118 valence electrons. The summed E-state index contributed by atoms with van der Waals surface area (Å²) >= 11 is 5.59. The molecule has 0 saturated carbocycles. The highest BCUT2D eigenvalue weighted by Crippen LogP contribution is 2.16. The van der Waals surface area contributed by atoms with Gasteiger partial charge in [-0.15, -0.1) is 0 Å². The number of carbonyl (C=O) groups is 3. The van der Waals surface area contributed by atoms with Crippen LogP contribution in [0.3, 0.4) is 0 Å². The molecule has 0 fully saturated rings. The zero-order valence-corrected chi connectivity index (χ0v) is 12.4. The van der Waals surface area contributed by atoms with Gasteiger partial charge in [-0.2, -0.15) is 0 Å². The van der Waals surface area contributed by atoms with E-state index < -0.39 is 30.3 Å². The zero-order valence-electron chi connectivity index (χ0n) is 11.7. The fourth-order valence-corrected chi connectivity index (χ4v) is 1.52. The van der Waals surface area contributed by atoms with E-state index in [0.29, 0.717) is 12.1 Å². The molecule has 0 unspecified atom stereocenters. The molecule has 6 nitrogen and oxygen atoms in total. The third-order valence-electron chi connectivity index (χ3n) is 2.29. The summed E-state index contributed by atoms with van der Waals surface area (Å²) in [5.41, 5.74) is 0.495. The number of carbonyl (C=O) groups excluding carboxylic acids is 3. The minimum Gasteiger partial charge on any atom is -0.452 e. The first-order valence-electron chi connectivity index (χ1n) is 6.30. The van der Waals surface area contributed by atoms with Crippen molar-refractivity contribution in [1.29, 1.82) is 0 Å². The fraction of sp³-hybridized carbons (Fsp3) is 0.214. The van der Waals surface area contributed by atoms with E-state index in [1.807, 2.05) is 5.32 Å². The van der Waals surface area contributed by atoms with Gasteiger partial charge in [-0.1, -0.05) is 17.7 Å². The largest absolute Gasteiger partial charge is 0.452 e. The van der Waals surface area contributed by atoms with Crippen LogP contribution >= 0.6 is 11.6 Å². The van der Waals surface area contributed by atoms with Crippen molar-refractivity contribution in [3.63, 3.8) is 0 Å². The Balaban J connectivity index is 2.42. The van der Waals surface area contributed by atoms with E-state index in [1.165, 1.54) is 18.2 Å². The maximum atomic E-state index is 12.9. The van der Waals surface area contributed by atoms with Crippen molar-refractivity contribution in [3.8, 4) is 0 Å². The van der Waals surface area contributed by atoms with E-state index in [-0.39, 0.29) is 5.02 Å². The molecule has 8 heteroatoms. The molecule has 22 heavy (non-hydrogen) atoms. The summed E-state index contributed by atoms with van der Waals surface area (Å²) in [6.07, 6.45) is 2.41. The smallest absolute Gasteiger partial charge is 0.331 e. The monoisotopic (exact) mass is 328 g/mol. The molecule has 0 bridgehead atoms. The Morgan fingerprint density at radius 2 is 2.09 bits per heavy atom. The Bertz CT molecular complexity index is 605. The molecule has 0 aliphatic carbocycles. The number of amides is 3. The third kappa shape index (κ3) is 6.36. The number of hydrogen-bond acceptors (Lipinski definition) is 4. The summed E-state index contributed by atoms with van der Waals surface area (Å²) in [5, 5.41) is 4.25. The van der Waals surface area contributed by atoms with Crippen LogP contribution in [0.5, 0.6) is 0 Å². The van der Waals surface area contributed by atoms with Gasteiger partial charge in [-0.3, -0.25) is 10.1 Å². The highest BCUT2D eigenvalue weighted by atomic mass is 35.5. The van der Waals surface area contributed by atoms with Gasteiger partial charge in [0.25, 0.3) is 5.91 Å². The molecule has 1 rings (SSSR count). The van der Waals surface area contributed by atoms with Crippen LogP contribution in [0, 0.1) is 5.82 Å². The van der Waals surface area contributed by atoms with E-state index in [9.17, 15) is 18.8 Å². The van der Waals surface area contributed by atoms with E-state index in [0.717, 1.165) is 12.1 Å². The van der Waals surface area contributed by atoms with Gasteiger partial charge < -0.3 is 10.1 Å². The molecular weight excluding hydrogens is 315 g/mol. The fourth-order valence-electron chi connectivity index (χ4n) is 1.33. The highest BCUT2D eigenvalue weighted by Gasteiger charge is 2.08. The standard InChI is InChI=1S/C14H14ClFN2O4/c1-2-17-14(21)18-12(19)8-22-13(20)6-4-9-3-5-11(16)10(15)7-9/h3-7H,2,8H2,1H3,(H2,17,18,19,21)/b6-4+.